The van der Waals surface area contributed by atoms with E-state index in [4.69, 9.17) is 14.6 Å². The normalized spacial score (nSPS) is 27.7. The minimum absolute atomic E-state index is 0.333. The first-order valence-corrected chi connectivity index (χ1v) is 8.51. The number of rotatable bonds is 10. The van der Waals surface area contributed by atoms with Crippen molar-refractivity contribution >= 4 is 0 Å². The van der Waals surface area contributed by atoms with Gasteiger partial charge in [-0.3, -0.25) is 4.90 Å². The molecule has 2 fully saturated rings. The van der Waals surface area contributed by atoms with Crippen molar-refractivity contribution in [3.63, 3.8) is 0 Å². The van der Waals surface area contributed by atoms with Crippen LogP contribution in [-0.2, 0) is 9.47 Å². The molecule has 1 aliphatic carbocycles. The minimum Gasteiger partial charge on any atom is -0.396 e. The van der Waals surface area contributed by atoms with Crippen LogP contribution in [0.3, 0.4) is 0 Å². The van der Waals surface area contributed by atoms with Crippen molar-refractivity contribution in [2.75, 3.05) is 59.6 Å². The lowest BCUT2D eigenvalue weighted by Crippen LogP contribution is -2.48. The lowest BCUT2D eigenvalue weighted by molar-refractivity contribution is -0.0906. The quantitative estimate of drug-likeness (QED) is 0.609. The highest BCUT2D eigenvalue weighted by Gasteiger charge is 2.29. The number of nitrogens with zero attached hydrogens (tertiary/aromatic N) is 2. The maximum absolute atomic E-state index is 8.77. The van der Waals surface area contributed by atoms with E-state index in [1.54, 1.807) is 7.11 Å². The third-order valence-electron chi connectivity index (χ3n) is 4.74. The highest BCUT2D eigenvalue weighted by molar-refractivity contribution is 4.81. The van der Waals surface area contributed by atoms with Crippen LogP contribution >= 0.6 is 0 Å². The summed E-state index contributed by atoms with van der Waals surface area (Å²) in [5, 5.41) is 8.77. The van der Waals surface area contributed by atoms with Crippen LogP contribution < -0.4 is 0 Å². The smallest absolute Gasteiger partial charge is 0.0625 e. The number of methoxy groups -OCH3 is 1. The Morgan fingerprint density at radius 2 is 1.57 bits per heavy atom. The van der Waals surface area contributed by atoms with Crippen molar-refractivity contribution in [1.29, 1.82) is 0 Å². The fourth-order valence-corrected chi connectivity index (χ4v) is 3.05. The summed E-state index contributed by atoms with van der Waals surface area (Å²) in [7, 11) is 1.78. The van der Waals surface area contributed by atoms with Gasteiger partial charge in [-0.1, -0.05) is 0 Å². The molecule has 1 saturated heterocycles. The molecule has 21 heavy (non-hydrogen) atoms. The standard InChI is InChI=1S/C16H32N2O3/c1-20-15-13-16(14-15)21-12-10-18-8-6-17(7-9-18)5-3-2-4-11-19/h15-16,19H,2-14H2,1H3/t15-,16-. The van der Waals surface area contributed by atoms with Gasteiger partial charge in [0.05, 0.1) is 18.8 Å². The minimum atomic E-state index is 0.333. The molecule has 1 heterocycles. The molecular weight excluding hydrogens is 268 g/mol. The molecule has 0 aromatic rings. The van der Waals surface area contributed by atoms with Gasteiger partial charge >= 0.3 is 0 Å². The molecule has 5 heteroatoms. The Hall–Kier alpha value is -0.200. The van der Waals surface area contributed by atoms with Crippen LogP contribution in [0.25, 0.3) is 0 Å². The Balaban J connectivity index is 1.44. The van der Waals surface area contributed by atoms with E-state index in [9.17, 15) is 0 Å². The third kappa shape index (κ3) is 6.20. The monoisotopic (exact) mass is 300 g/mol. The lowest BCUT2D eigenvalue weighted by atomic mass is 9.92. The van der Waals surface area contributed by atoms with Crippen molar-refractivity contribution in [2.45, 2.75) is 44.3 Å². The maximum atomic E-state index is 8.77. The molecule has 124 valence electrons. The molecule has 2 aliphatic rings. The number of ether oxygens (including phenoxy) is 2. The van der Waals surface area contributed by atoms with E-state index in [1.807, 2.05) is 0 Å². The Bertz CT molecular complexity index is 264. The van der Waals surface area contributed by atoms with Crippen molar-refractivity contribution in [2.24, 2.45) is 0 Å². The Kier molecular flexibility index (Phi) is 7.96. The summed E-state index contributed by atoms with van der Waals surface area (Å²) in [5.41, 5.74) is 0. The van der Waals surface area contributed by atoms with Crippen molar-refractivity contribution < 1.29 is 14.6 Å². The van der Waals surface area contributed by atoms with Gasteiger partial charge in [0.25, 0.3) is 0 Å². The summed E-state index contributed by atoms with van der Waals surface area (Å²) < 4.78 is 11.1. The average Bonchev–Trinajstić information content (AvgIpc) is 2.47. The largest absolute Gasteiger partial charge is 0.396 e. The predicted octanol–water partition coefficient (Wildman–Crippen LogP) is 0.961. The fourth-order valence-electron chi connectivity index (χ4n) is 3.05. The van der Waals surface area contributed by atoms with Gasteiger partial charge in [-0.2, -0.15) is 0 Å². The predicted molar refractivity (Wildman–Crippen MR) is 83.6 cm³/mol. The van der Waals surface area contributed by atoms with Gasteiger partial charge in [-0.15, -0.1) is 0 Å². The van der Waals surface area contributed by atoms with Crippen LogP contribution in [0.1, 0.15) is 32.1 Å². The highest BCUT2D eigenvalue weighted by Crippen LogP contribution is 2.25. The number of hydrogen-bond donors (Lipinski definition) is 1. The second-order valence-corrected chi connectivity index (χ2v) is 6.29. The van der Waals surface area contributed by atoms with Gasteiger partial charge in [0, 0.05) is 46.4 Å². The summed E-state index contributed by atoms with van der Waals surface area (Å²) in [5.74, 6) is 0. The maximum Gasteiger partial charge on any atom is 0.0625 e. The van der Waals surface area contributed by atoms with E-state index in [2.05, 4.69) is 9.80 Å². The van der Waals surface area contributed by atoms with Crippen LogP contribution in [0.5, 0.6) is 0 Å². The summed E-state index contributed by atoms with van der Waals surface area (Å²) in [4.78, 5) is 5.06. The summed E-state index contributed by atoms with van der Waals surface area (Å²) in [6, 6.07) is 0. The molecule has 0 aromatic heterocycles. The van der Waals surface area contributed by atoms with E-state index >= 15 is 0 Å². The second-order valence-electron chi connectivity index (χ2n) is 6.29. The first-order valence-electron chi connectivity index (χ1n) is 8.51. The van der Waals surface area contributed by atoms with Crippen molar-refractivity contribution in [3.8, 4) is 0 Å². The highest BCUT2D eigenvalue weighted by atomic mass is 16.5. The van der Waals surface area contributed by atoms with E-state index in [0.29, 0.717) is 18.8 Å². The SMILES string of the molecule is CO[C@H]1C[C@H](OCCN2CCN(CCCCCO)CC2)C1. The molecule has 1 saturated carbocycles. The van der Waals surface area contributed by atoms with E-state index in [-0.39, 0.29) is 0 Å². The Morgan fingerprint density at radius 3 is 2.19 bits per heavy atom. The van der Waals surface area contributed by atoms with E-state index in [0.717, 1.165) is 51.9 Å². The summed E-state index contributed by atoms with van der Waals surface area (Å²) >= 11 is 0. The van der Waals surface area contributed by atoms with E-state index in [1.165, 1.54) is 26.1 Å². The summed E-state index contributed by atoms with van der Waals surface area (Å²) in [6.07, 6.45) is 6.31. The molecule has 0 spiro atoms. The molecule has 1 N–H and O–H groups in total. The number of unbranched alkanes of at least 4 members (excludes halogenated alkanes) is 2. The molecule has 1 aliphatic heterocycles. The van der Waals surface area contributed by atoms with Gasteiger partial charge < -0.3 is 19.5 Å². The molecular formula is C16H32N2O3. The summed E-state index contributed by atoms with van der Waals surface area (Å²) in [6.45, 7) is 8.11. The Labute approximate surface area is 129 Å². The number of aliphatic hydroxyl groups excluding tert-OH is 1. The van der Waals surface area contributed by atoms with Gasteiger partial charge in [0.1, 0.15) is 0 Å². The van der Waals surface area contributed by atoms with Gasteiger partial charge in [0.2, 0.25) is 0 Å². The molecule has 0 atom stereocenters. The van der Waals surface area contributed by atoms with Gasteiger partial charge in [-0.25, -0.2) is 0 Å². The lowest BCUT2D eigenvalue weighted by Gasteiger charge is -2.36. The zero-order chi connectivity index (χ0) is 14.9. The van der Waals surface area contributed by atoms with Crippen LogP contribution in [0.2, 0.25) is 0 Å². The Morgan fingerprint density at radius 1 is 0.905 bits per heavy atom. The topological polar surface area (TPSA) is 45.2 Å². The van der Waals surface area contributed by atoms with Crippen LogP contribution in [0.15, 0.2) is 0 Å². The van der Waals surface area contributed by atoms with Gasteiger partial charge in [-0.05, 0) is 38.6 Å². The first kappa shape index (κ1) is 17.2. The molecule has 2 rings (SSSR count). The molecule has 0 aromatic carbocycles. The second kappa shape index (κ2) is 9.74. The van der Waals surface area contributed by atoms with E-state index < -0.39 is 0 Å². The van der Waals surface area contributed by atoms with Crippen molar-refractivity contribution in [3.05, 3.63) is 0 Å². The molecule has 0 radical (unpaired) electrons. The fraction of sp³-hybridized carbons (Fsp3) is 1.00. The number of piperazine rings is 1. The molecule has 0 bridgehead atoms. The van der Waals surface area contributed by atoms with Crippen LogP contribution in [0.4, 0.5) is 0 Å². The van der Waals surface area contributed by atoms with Gasteiger partial charge in [0.15, 0.2) is 0 Å². The molecule has 0 amide bonds. The average molecular weight is 300 g/mol. The third-order valence-corrected chi connectivity index (χ3v) is 4.74. The molecule has 0 unspecified atom stereocenters. The number of hydrogen-bond acceptors (Lipinski definition) is 5. The van der Waals surface area contributed by atoms with Crippen LogP contribution in [0, 0.1) is 0 Å². The van der Waals surface area contributed by atoms with Crippen molar-refractivity contribution in [1.82, 2.24) is 9.80 Å². The zero-order valence-corrected chi connectivity index (χ0v) is 13.5. The molecule has 5 nitrogen and oxygen atoms in total. The first-order chi connectivity index (χ1) is 10.3. The zero-order valence-electron chi connectivity index (χ0n) is 13.5. The van der Waals surface area contributed by atoms with Crippen LogP contribution in [-0.4, -0.2) is 86.7 Å². The number of aliphatic hydroxyl groups is 1.